The largest absolute Gasteiger partial charge is 0.495 e. The van der Waals surface area contributed by atoms with E-state index in [-0.39, 0.29) is 10.9 Å². The molecular weight excluding hydrogens is 314 g/mol. The van der Waals surface area contributed by atoms with Gasteiger partial charge in [0.1, 0.15) is 10.6 Å². The van der Waals surface area contributed by atoms with Crippen molar-refractivity contribution in [1.29, 1.82) is 0 Å². The molecule has 0 atom stereocenters. The van der Waals surface area contributed by atoms with E-state index in [2.05, 4.69) is 0 Å². The SMILES string of the molecule is COc1cc(CCl)ccc1S(=O)(=O)N(C)C1CCOCC1. The summed E-state index contributed by atoms with van der Waals surface area (Å²) in [5, 5.41) is 0. The average molecular weight is 334 g/mol. The molecule has 0 spiro atoms. The Hall–Kier alpha value is -0.820. The smallest absolute Gasteiger partial charge is 0.246 e. The van der Waals surface area contributed by atoms with Crippen molar-refractivity contribution in [3.63, 3.8) is 0 Å². The van der Waals surface area contributed by atoms with E-state index in [0.29, 0.717) is 37.7 Å². The summed E-state index contributed by atoms with van der Waals surface area (Å²) in [6.07, 6.45) is 1.41. The first kappa shape index (κ1) is 16.5. The highest BCUT2D eigenvalue weighted by Gasteiger charge is 2.31. The molecular formula is C14H20ClNO4S. The summed E-state index contributed by atoms with van der Waals surface area (Å²) in [5.41, 5.74) is 0.821. The molecule has 0 bridgehead atoms. The minimum absolute atomic E-state index is 0.0406. The van der Waals surface area contributed by atoms with Crippen molar-refractivity contribution in [2.45, 2.75) is 29.7 Å². The third kappa shape index (κ3) is 3.51. The summed E-state index contributed by atoms with van der Waals surface area (Å²) in [7, 11) is -0.526. The van der Waals surface area contributed by atoms with Crippen LogP contribution >= 0.6 is 11.6 Å². The van der Waals surface area contributed by atoms with E-state index in [1.165, 1.54) is 11.4 Å². The molecule has 2 rings (SSSR count). The van der Waals surface area contributed by atoms with E-state index in [0.717, 1.165) is 5.56 Å². The average Bonchev–Trinajstić information content (AvgIpc) is 2.54. The van der Waals surface area contributed by atoms with Crippen molar-refractivity contribution in [2.75, 3.05) is 27.4 Å². The molecule has 1 heterocycles. The molecule has 1 saturated heterocycles. The van der Waals surface area contributed by atoms with E-state index in [1.54, 1.807) is 25.2 Å². The summed E-state index contributed by atoms with van der Waals surface area (Å²) >= 11 is 5.78. The van der Waals surface area contributed by atoms with E-state index < -0.39 is 10.0 Å². The summed E-state index contributed by atoms with van der Waals surface area (Å²) < 4.78 is 37.5. The Morgan fingerprint density at radius 3 is 2.62 bits per heavy atom. The van der Waals surface area contributed by atoms with Gasteiger partial charge in [-0.3, -0.25) is 0 Å². The second kappa shape index (κ2) is 6.96. The Balaban J connectivity index is 2.34. The standard InChI is InChI=1S/C14H20ClNO4S/c1-16(12-5-7-20-8-6-12)21(17,18)14-4-3-11(10-15)9-13(14)19-2/h3-4,9,12H,5-8,10H2,1-2H3. The molecule has 0 aromatic heterocycles. The molecule has 1 fully saturated rings. The molecule has 0 aliphatic carbocycles. The summed E-state index contributed by atoms with van der Waals surface area (Å²) in [4.78, 5) is 0.174. The Labute approximate surface area is 130 Å². The molecule has 118 valence electrons. The first-order valence-corrected chi connectivity index (χ1v) is 8.77. The first-order chi connectivity index (χ1) is 10.0. The van der Waals surface area contributed by atoms with Crippen molar-refractivity contribution >= 4 is 21.6 Å². The van der Waals surface area contributed by atoms with E-state index in [1.807, 2.05) is 0 Å². The minimum atomic E-state index is -3.60. The number of hydrogen-bond acceptors (Lipinski definition) is 4. The molecule has 1 aromatic rings. The van der Waals surface area contributed by atoms with E-state index in [4.69, 9.17) is 21.1 Å². The van der Waals surface area contributed by atoms with Crippen molar-refractivity contribution < 1.29 is 17.9 Å². The van der Waals surface area contributed by atoms with Gasteiger partial charge in [-0.15, -0.1) is 11.6 Å². The zero-order chi connectivity index (χ0) is 15.5. The molecule has 0 amide bonds. The highest BCUT2D eigenvalue weighted by molar-refractivity contribution is 7.89. The van der Waals surface area contributed by atoms with Crippen LogP contribution in [0.4, 0.5) is 0 Å². The Bertz CT molecular complexity index is 585. The van der Waals surface area contributed by atoms with Gasteiger partial charge in [0.15, 0.2) is 0 Å². The number of ether oxygens (including phenoxy) is 2. The number of sulfonamides is 1. The number of benzene rings is 1. The predicted octanol–water partition coefficient (Wildman–Crippen LogP) is 2.23. The number of methoxy groups -OCH3 is 1. The molecule has 1 aliphatic rings. The van der Waals surface area contributed by atoms with E-state index >= 15 is 0 Å². The van der Waals surface area contributed by atoms with Crippen LogP contribution < -0.4 is 4.74 Å². The van der Waals surface area contributed by atoms with Crippen molar-refractivity contribution in [3.05, 3.63) is 23.8 Å². The number of nitrogens with zero attached hydrogens (tertiary/aromatic N) is 1. The lowest BCUT2D eigenvalue weighted by Crippen LogP contribution is -2.40. The lowest BCUT2D eigenvalue weighted by atomic mass is 10.1. The van der Waals surface area contributed by atoms with Gasteiger partial charge in [0, 0.05) is 32.2 Å². The maximum Gasteiger partial charge on any atom is 0.246 e. The lowest BCUT2D eigenvalue weighted by molar-refractivity contribution is 0.0632. The van der Waals surface area contributed by atoms with Crippen molar-refractivity contribution in [3.8, 4) is 5.75 Å². The second-order valence-electron chi connectivity index (χ2n) is 4.98. The highest BCUT2D eigenvalue weighted by Crippen LogP contribution is 2.30. The summed E-state index contributed by atoms with van der Waals surface area (Å²) in [5.74, 6) is 0.638. The molecule has 0 N–H and O–H groups in total. The quantitative estimate of drug-likeness (QED) is 0.775. The monoisotopic (exact) mass is 333 g/mol. The van der Waals surface area contributed by atoms with Gasteiger partial charge in [-0.1, -0.05) is 6.07 Å². The van der Waals surface area contributed by atoms with Gasteiger partial charge < -0.3 is 9.47 Å². The van der Waals surface area contributed by atoms with Crippen LogP contribution in [0.5, 0.6) is 5.75 Å². The molecule has 7 heteroatoms. The molecule has 0 saturated carbocycles. The molecule has 0 unspecified atom stereocenters. The molecule has 1 aromatic carbocycles. The first-order valence-electron chi connectivity index (χ1n) is 6.79. The van der Waals surface area contributed by atoms with Gasteiger partial charge in [-0.2, -0.15) is 4.31 Å². The van der Waals surface area contributed by atoms with Gasteiger partial charge in [-0.05, 0) is 30.5 Å². The van der Waals surface area contributed by atoms with Crippen LogP contribution in [-0.4, -0.2) is 46.1 Å². The molecule has 1 aliphatic heterocycles. The van der Waals surface area contributed by atoms with Crippen molar-refractivity contribution in [1.82, 2.24) is 4.31 Å². The molecule has 0 radical (unpaired) electrons. The van der Waals surface area contributed by atoms with E-state index in [9.17, 15) is 8.42 Å². The van der Waals surface area contributed by atoms with Gasteiger partial charge in [0.25, 0.3) is 0 Å². The summed E-state index contributed by atoms with van der Waals surface area (Å²) in [6, 6.07) is 4.89. The topological polar surface area (TPSA) is 55.8 Å². The molecule has 21 heavy (non-hydrogen) atoms. The van der Waals surface area contributed by atoms with Crippen LogP contribution in [-0.2, 0) is 20.6 Å². The van der Waals surface area contributed by atoms with Crippen LogP contribution in [0.15, 0.2) is 23.1 Å². The fraction of sp³-hybridized carbons (Fsp3) is 0.571. The van der Waals surface area contributed by atoms with Crippen LogP contribution in [0.2, 0.25) is 0 Å². The number of alkyl halides is 1. The zero-order valence-electron chi connectivity index (χ0n) is 12.2. The van der Waals surface area contributed by atoms with Crippen LogP contribution in [0.3, 0.4) is 0 Å². The Morgan fingerprint density at radius 2 is 2.05 bits per heavy atom. The van der Waals surface area contributed by atoms with Crippen LogP contribution in [0.25, 0.3) is 0 Å². The van der Waals surface area contributed by atoms with Gasteiger partial charge >= 0.3 is 0 Å². The third-order valence-electron chi connectivity index (χ3n) is 3.74. The number of halogens is 1. The fourth-order valence-corrected chi connectivity index (χ4v) is 4.12. The Morgan fingerprint density at radius 1 is 1.38 bits per heavy atom. The Kier molecular flexibility index (Phi) is 5.48. The zero-order valence-corrected chi connectivity index (χ0v) is 13.8. The van der Waals surface area contributed by atoms with Gasteiger partial charge in [-0.25, -0.2) is 8.42 Å². The summed E-state index contributed by atoms with van der Waals surface area (Å²) in [6.45, 7) is 1.18. The van der Waals surface area contributed by atoms with Gasteiger partial charge in [0.2, 0.25) is 10.0 Å². The number of hydrogen-bond donors (Lipinski definition) is 0. The fourth-order valence-electron chi connectivity index (χ4n) is 2.41. The number of rotatable bonds is 5. The maximum atomic E-state index is 12.8. The van der Waals surface area contributed by atoms with Crippen molar-refractivity contribution in [2.24, 2.45) is 0 Å². The normalized spacial score (nSPS) is 17.1. The second-order valence-corrected chi connectivity index (χ2v) is 7.22. The lowest BCUT2D eigenvalue weighted by Gasteiger charge is -2.30. The molecule has 5 nitrogen and oxygen atoms in total. The maximum absolute atomic E-state index is 12.8. The highest BCUT2D eigenvalue weighted by atomic mass is 35.5. The predicted molar refractivity (Wildman–Crippen MR) is 81.3 cm³/mol. The van der Waals surface area contributed by atoms with Crippen LogP contribution in [0, 0.1) is 0 Å². The van der Waals surface area contributed by atoms with Crippen LogP contribution in [0.1, 0.15) is 18.4 Å². The minimum Gasteiger partial charge on any atom is -0.495 e. The van der Waals surface area contributed by atoms with Gasteiger partial charge in [0.05, 0.1) is 7.11 Å². The third-order valence-corrected chi connectivity index (χ3v) is 6.00.